The summed E-state index contributed by atoms with van der Waals surface area (Å²) in [6.45, 7) is 8.34. The Morgan fingerprint density at radius 1 is 1.06 bits per heavy atom. The standard InChI is InChI=1S/C24H28ClF2N3O/c1-15-4-6-19(10-20(15)25)28-8-3-9-29-11-17-13-30(14-18(17)12-29)24(31)22-21(26)7-5-16(2)23(22)27/h4-7,10,17-18,28H,3,8-9,11-14H2,1-2H3. The van der Waals surface area contributed by atoms with E-state index in [2.05, 4.69) is 10.2 Å². The van der Waals surface area contributed by atoms with Crippen LogP contribution in [0.1, 0.15) is 27.9 Å². The van der Waals surface area contributed by atoms with Crippen LogP contribution in [0.4, 0.5) is 14.5 Å². The molecule has 2 heterocycles. The number of halogens is 3. The Morgan fingerprint density at radius 2 is 1.74 bits per heavy atom. The number of carbonyl (C=O) groups excluding carboxylic acids is 1. The molecule has 1 N–H and O–H groups in total. The van der Waals surface area contributed by atoms with Crippen molar-refractivity contribution in [2.45, 2.75) is 20.3 Å². The van der Waals surface area contributed by atoms with Crippen molar-refractivity contribution in [2.75, 3.05) is 44.6 Å². The molecule has 4 nitrogen and oxygen atoms in total. The Labute approximate surface area is 187 Å². The van der Waals surface area contributed by atoms with Gasteiger partial charge in [0, 0.05) is 43.4 Å². The highest BCUT2D eigenvalue weighted by molar-refractivity contribution is 6.31. The molecule has 1 amide bonds. The molecule has 2 aliphatic heterocycles. The van der Waals surface area contributed by atoms with E-state index in [1.165, 1.54) is 12.1 Å². The van der Waals surface area contributed by atoms with Gasteiger partial charge in [-0.15, -0.1) is 0 Å². The maximum atomic E-state index is 14.3. The molecule has 2 aromatic rings. The Morgan fingerprint density at radius 3 is 2.42 bits per heavy atom. The second-order valence-corrected chi connectivity index (χ2v) is 9.19. The van der Waals surface area contributed by atoms with Crippen LogP contribution in [0.2, 0.25) is 5.02 Å². The van der Waals surface area contributed by atoms with Crippen molar-refractivity contribution in [3.8, 4) is 0 Å². The fourth-order valence-electron chi connectivity index (χ4n) is 4.69. The van der Waals surface area contributed by atoms with Crippen molar-refractivity contribution < 1.29 is 13.6 Å². The first-order valence-electron chi connectivity index (χ1n) is 10.8. The van der Waals surface area contributed by atoms with Crippen molar-refractivity contribution in [2.24, 2.45) is 11.8 Å². The highest BCUT2D eigenvalue weighted by Crippen LogP contribution is 2.32. The second kappa shape index (κ2) is 9.13. The fraction of sp³-hybridized carbons (Fsp3) is 0.458. The summed E-state index contributed by atoms with van der Waals surface area (Å²) in [5, 5.41) is 4.17. The van der Waals surface area contributed by atoms with Gasteiger partial charge in [-0.25, -0.2) is 8.78 Å². The van der Waals surface area contributed by atoms with Crippen LogP contribution < -0.4 is 5.32 Å². The number of hydrogen-bond donors (Lipinski definition) is 1. The van der Waals surface area contributed by atoms with Gasteiger partial charge in [0.2, 0.25) is 0 Å². The Kier molecular flexibility index (Phi) is 6.49. The van der Waals surface area contributed by atoms with Gasteiger partial charge in [0.1, 0.15) is 17.2 Å². The normalized spacial score (nSPS) is 20.9. The third kappa shape index (κ3) is 4.70. The molecule has 2 fully saturated rings. The summed E-state index contributed by atoms with van der Waals surface area (Å²) < 4.78 is 28.5. The number of amides is 1. The highest BCUT2D eigenvalue weighted by atomic mass is 35.5. The van der Waals surface area contributed by atoms with Crippen molar-refractivity contribution >= 4 is 23.2 Å². The zero-order valence-corrected chi connectivity index (χ0v) is 18.7. The van der Waals surface area contributed by atoms with Gasteiger partial charge in [0.05, 0.1) is 0 Å². The van der Waals surface area contributed by atoms with E-state index in [4.69, 9.17) is 11.6 Å². The SMILES string of the molecule is Cc1ccc(NCCCN2CC3CN(C(=O)c4c(F)ccc(C)c4F)CC3C2)cc1Cl. The van der Waals surface area contributed by atoms with E-state index in [0.29, 0.717) is 24.9 Å². The zero-order chi connectivity index (χ0) is 22.1. The molecule has 2 aliphatic rings. The van der Waals surface area contributed by atoms with Gasteiger partial charge >= 0.3 is 0 Å². The molecular formula is C24H28ClF2N3O. The van der Waals surface area contributed by atoms with Crippen molar-refractivity contribution in [1.82, 2.24) is 9.80 Å². The van der Waals surface area contributed by atoms with Gasteiger partial charge in [-0.2, -0.15) is 0 Å². The summed E-state index contributed by atoms with van der Waals surface area (Å²) in [6, 6.07) is 8.52. The van der Waals surface area contributed by atoms with E-state index in [0.717, 1.165) is 48.9 Å². The van der Waals surface area contributed by atoms with Gasteiger partial charge < -0.3 is 15.1 Å². The number of nitrogens with zero attached hydrogens (tertiary/aromatic N) is 2. The Balaban J connectivity index is 1.24. The minimum Gasteiger partial charge on any atom is -0.385 e. The molecule has 0 bridgehead atoms. The van der Waals surface area contributed by atoms with E-state index in [1.807, 2.05) is 25.1 Å². The third-order valence-electron chi connectivity index (χ3n) is 6.50. The smallest absolute Gasteiger partial charge is 0.259 e. The van der Waals surface area contributed by atoms with Crippen LogP contribution in [-0.4, -0.2) is 55.0 Å². The molecule has 0 spiro atoms. The first-order valence-corrected chi connectivity index (χ1v) is 11.2. The van der Waals surface area contributed by atoms with Gasteiger partial charge in [-0.1, -0.05) is 23.7 Å². The van der Waals surface area contributed by atoms with Crippen molar-refractivity contribution in [3.05, 3.63) is 63.7 Å². The molecule has 2 saturated heterocycles. The largest absolute Gasteiger partial charge is 0.385 e. The number of likely N-dealkylation sites (tertiary alicyclic amines) is 2. The van der Waals surface area contributed by atoms with E-state index in [-0.39, 0.29) is 5.56 Å². The first kappa shape index (κ1) is 22.0. The van der Waals surface area contributed by atoms with E-state index in [1.54, 1.807) is 11.8 Å². The molecular weight excluding hydrogens is 420 g/mol. The molecule has 7 heteroatoms. The summed E-state index contributed by atoms with van der Waals surface area (Å²) in [5.41, 5.74) is 1.96. The summed E-state index contributed by atoms with van der Waals surface area (Å²) in [6.07, 6.45) is 1.01. The number of benzene rings is 2. The zero-order valence-electron chi connectivity index (χ0n) is 17.9. The number of fused-ring (bicyclic) bond motifs is 1. The van der Waals surface area contributed by atoms with E-state index >= 15 is 0 Å². The third-order valence-corrected chi connectivity index (χ3v) is 6.91. The molecule has 0 aliphatic carbocycles. The van der Waals surface area contributed by atoms with Crippen molar-refractivity contribution in [1.29, 1.82) is 0 Å². The van der Waals surface area contributed by atoms with Gasteiger partial charge in [-0.3, -0.25) is 4.79 Å². The molecule has 4 rings (SSSR count). The number of nitrogens with one attached hydrogen (secondary N) is 1. The molecule has 0 radical (unpaired) electrons. The van der Waals surface area contributed by atoms with Gasteiger partial charge in [0.25, 0.3) is 5.91 Å². The van der Waals surface area contributed by atoms with Crippen LogP contribution in [0.15, 0.2) is 30.3 Å². The quantitative estimate of drug-likeness (QED) is 0.649. The summed E-state index contributed by atoms with van der Waals surface area (Å²) in [5.74, 6) is -1.33. The minimum atomic E-state index is -0.783. The van der Waals surface area contributed by atoms with Crippen LogP contribution in [0.5, 0.6) is 0 Å². The molecule has 166 valence electrons. The number of rotatable bonds is 6. The molecule has 31 heavy (non-hydrogen) atoms. The number of hydrogen-bond acceptors (Lipinski definition) is 3. The van der Waals surface area contributed by atoms with Crippen LogP contribution >= 0.6 is 11.6 Å². The fourth-order valence-corrected chi connectivity index (χ4v) is 4.87. The van der Waals surface area contributed by atoms with Gasteiger partial charge in [-0.05, 0) is 68.0 Å². The monoisotopic (exact) mass is 447 g/mol. The average Bonchev–Trinajstić information content (AvgIpc) is 3.30. The van der Waals surface area contributed by atoms with Crippen molar-refractivity contribution in [3.63, 3.8) is 0 Å². The highest BCUT2D eigenvalue weighted by Gasteiger charge is 2.42. The molecule has 2 unspecified atom stereocenters. The molecule has 0 aromatic heterocycles. The Bertz CT molecular complexity index is 970. The lowest BCUT2D eigenvalue weighted by atomic mass is 10.0. The lowest BCUT2D eigenvalue weighted by Crippen LogP contribution is -2.34. The number of anilines is 1. The van der Waals surface area contributed by atoms with Crippen LogP contribution in [0.3, 0.4) is 0 Å². The maximum Gasteiger partial charge on any atom is 0.259 e. The lowest BCUT2D eigenvalue weighted by molar-refractivity contribution is 0.0764. The second-order valence-electron chi connectivity index (χ2n) is 8.79. The Hall–Kier alpha value is -2.18. The maximum absolute atomic E-state index is 14.3. The van der Waals surface area contributed by atoms with E-state index in [9.17, 15) is 13.6 Å². The van der Waals surface area contributed by atoms with Crippen LogP contribution in [0, 0.1) is 37.3 Å². The van der Waals surface area contributed by atoms with Crippen LogP contribution in [-0.2, 0) is 0 Å². The molecule has 2 atom stereocenters. The topological polar surface area (TPSA) is 35.6 Å². The number of aryl methyl sites for hydroxylation is 2. The average molecular weight is 448 g/mol. The van der Waals surface area contributed by atoms with Crippen LogP contribution in [0.25, 0.3) is 0 Å². The molecule has 2 aromatic carbocycles. The summed E-state index contributed by atoms with van der Waals surface area (Å²) >= 11 is 6.16. The van der Waals surface area contributed by atoms with E-state index < -0.39 is 23.1 Å². The first-order chi connectivity index (χ1) is 14.8. The van der Waals surface area contributed by atoms with Gasteiger partial charge in [0.15, 0.2) is 0 Å². The predicted octanol–water partition coefficient (Wildman–Crippen LogP) is 4.74. The minimum absolute atomic E-state index is 0.289. The number of carbonyl (C=O) groups is 1. The summed E-state index contributed by atoms with van der Waals surface area (Å²) in [7, 11) is 0. The summed E-state index contributed by atoms with van der Waals surface area (Å²) in [4.78, 5) is 16.8. The predicted molar refractivity (Wildman–Crippen MR) is 120 cm³/mol. The lowest BCUT2D eigenvalue weighted by Gasteiger charge is -2.22. The molecule has 0 saturated carbocycles.